The second-order valence-electron chi connectivity index (χ2n) is 9.47. The smallest absolute Gasteiger partial charge is 0.166 e. The van der Waals surface area contributed by atoms with Gasteiger partial charge in [0.05, 0.1) is 0 Å². The molecule has 0 radical (unpaired) electrons. The minimum absolute atomic E-state index is 0.369. The summed E-state index contributed by atoms with van der Waals surface area (Å²) in [5.74, 6) is 5.92. The fourth-order valence-electron chi connectivity index (χ4n) is 7.40. The number of hydrogen-bond donors (Lipinski definition) is 2. The molecule has 22 heavy (non-hydrogen) atoms. The van der Waals surface area contributed by atoms with Crippen LogP contribution in [0, 0.1) is 35.5 Å². The van der Waals surface area contributed by atoms with Crippen LogP contribution in [-0.2, 0) is 0 Å². The normalized spacial score (nSPS) is 51.3. The van der Waals surface area contributed by atoms with E-state index in [1.807, 2.05) is 0 Å². The molecule has 0 heterocycles. The summed E-state index contributed by atoms with van der Waals surface area (Å²) in [6.07, 6.45) is 14.6. The molecular weight excluding hydrogens is 288 g/mol. The molecule has 6 rings (SSSR count). The Balaban J connectivity index is 1.17. The van der Waals surface area contributed by atoms with Gasteiger partial charge in [0.25, 0.3) is 0 Å². The fraction of sp³-hybridized carbons (Fsp3) is 0.947. The molecule has 0 aromatic rings. The van der Waals surface area contributed by atoms with E-state index in [0.29, 0.717) is 5.54 Å². The van der Waals surface area contributed by atoms with Gasteiger partial charge in [-0.1, -0.05) is 6.42 Å². The van der Waals surface area contributed by atoms with E-state index in [9.17, 15) is 0 Å². The lowest BCUT2D eigenvalue weighted by molar-refractivity contribution is -0.0102. The van der Waals surface area contributed by atoms with Gasteiger partial charge in [0, 0.05) is 12.1 Å². The van der Waals surface area contributed by atoms with E-state index in [4.69, 9.17) is 12.2 Å². The van der Waals surface area contributed by atoms with Crippen molar-refractivity contribution in [1.29, 1.82) is 0 Å². The lowest BCUT2D eigenvalue weighted by Gasteiger charge is -2.57. The minimum atomic E-state index is 0.369. The van der Waals surface area contributed by atoms with Crippen molar-refractivity contribution >= 4 is 17.3 Å². The van der Waals surface area contributed by atoms with Crippen molar-refractivity contribution in [2.24, 2.45) is 35.5 Å². The van der Waals surface area contributed by atoms with Gasteiger partial charge in [-0.3, -0.25) is 0 Å². The van der Waals surface area contributed by atoms with Crippen molar-refractivity contribution in [3.05, 3.63) is 0 Å². The molecular formula is C19H30N2S. The van der Waals surface area contributed by atoms with E-state index in [-0.39, 0.29) is 0 Å². The molecule has 6 fully saturated rings. The third-order valence-corrected chi connectivity index (χ3v) is 8.07. The van der Waals surface area contributed by atoms with Crippen LogP contribution in [0.1, 0.15) is 64.2 Å². The Hall–Kier alpha value is -0.310. The molecule has 3 atom stereocenters. The van der Waals surface area contributed by atoms with Gasteiger partial charge in [-0.25, -0.2) is 0 Å². The van der Waals surface area contributed by atoms with Crippen LogP contribution >= 0.6 is 12.2 Å². The third-order valence-electron chi connectivity index (χ3n) is 7.83. The Morgan fingerprint density at radius 3 is 2.09 bits per heavy atom. The average molecular weight is 319 g/mol. The van der Waals surface area contributed by atoms with Crippen molar-refractivity contribution in [3.8, 4) is 0 Å². The van der Waals surface area contributed by atoms with Gasteiger partial charge in [-0.15, -0.1) is 0 Å². The highest BCUT2D eigenvalue weighted by Gasteiger charge is 2.51. The molecule has 3 heteroatoms. The molecule has 0 spiro atoms. The van der Waals surface area contributed by atoms with Crippen molar-refractivity contribution in [2.45, 2.75) is 69.7 Å². The summed E-state index contributed by atoms with van der Waals surface area (Å²) < 4.78 is 0. The third kappa shape index (κ3) is 2.39. The van der Waals surface area contributed by atoms with Gasteiger partial charge in [0.1, 0.15) is 0 Å². The van der Waals surface area contributed by atoms with E-state index < -0.39 is 0 Å². The first-order chi connectivity index (χ1) is 10.7. The first kappa shape index (κ1) is 14.1. The van der Waals surface area contributed by atoms with Crippen LogP contribution in [0.4, 0.5) is 0 Å². The predicted molar refractivity (Wildman–Crippen MR) is 93.6 cm³/mol. The maximum Gasteiger partial charge on any atom is 0.166 e. The molecule has 2 N–H and O–H groups in total. The van der Waals surface area contributed by atoms with Gasteiger partial charge in [-0.2, -0.15) is 0 Å². The Kier molecular flexibility index (Phi) is 3.26. The summed E-state index contributed by atoms with van der Waals surface area (Å²) >= 11 is 5.69. The van der Waals surface area contributed by atoms with Crippen LogP contribution in [0.5, 0.6) is 0 Å². The molecule has 0 aromatic heterocycles. The second kappa shape index (κ2) is 5.09. The van der Waals surface area contributed by atoms with E-state index in [1.165, 1.54) is 64.2 Å². The van der Waals surface area contributed by atoms with Crippen molar-refractivity contribution in [2.75, 3.05) is 6.54 Å². The van der Waals surface area contributed by atoms with Gasteiger partial charge in [-0.05, 0) is 106 Å². The average Bonchev–Trinajstić information content (AvgIpc) is 3.05. The molecule has 0 amide bonds. The summed E-state index contributed by atoms with van der Waals surface area (Å²) in [5.41, 5.74) is 0.369. The fourth-order valence-corrected chi connectivity index (χ4v) is 7.70. The summed E-state index contributed by atoms with van der Waals surface area (Å²) in [6, 6.07) is 0. The lowest BCUT2D eigenvalue weighted by Crippen LogP contribution is -2.61. The molecule has 0 unspecified atom stereocenters. The Morgan fingerprint density at radius 2 is 1.55 bits per heavy atom. The first-order valence-corrected chi connectivity index (χ1v) is 10.1. The SMILES string of the molecule is S=C(NC[C@H]1C[C@@H]2CC[C@@H]1C2)NC12CC3CC(CC(C3)C1)C2. The zero-order valence-electron chi connectivity index (χ0n) is 13.7. The Morgan fingerprint density at radius 1 is 0.864 bits per heavy atom. The molecule has 6 bridgehead atoms. The van der Waals surface area contributed by atoms with Gasteiger partial charge < -0.3 is 10.6 Å². The number of hydrogen-bond acceptors (Lipinski definition) is 1. The van der Waals surface area contributed by atoms with Crippen molar-refractivity contribution < 1.29 is 0 Å². The van der Waals surface area contributed by atoms with Crippen molar-refractivity contribution in [3.63, 3.8) is 0 Å². The van der Waals surface area contributed by atoms with E-state index >= 15 is 0 Å². The minimum Gasteiger partial charge on any atom is -0.362 e. The van der Waals surface area contributed by atoms with E-state index in [0.717, 1.165) is 47.2 Å². The highest BCUT2D eigenvalue weighted by Crippen LogP contribution is 2.55. The predicted octanol–water partition coefficient (Wildman–Crippen LogP) is 3.86. The Bertz CT molecular complexity index is 439. The summed E-state index contributed by atoms with van der Waals surface area (Å²) in [7, 11) is 0. The topological polar surface area (TPSA) is 24.1 Å². The van der Waals surface area contributed by atoms with Crippen LogP contribution in [-0.4, -0.2) is 17.2 Å². The zero-order chi connectivity index (χ0) is 14.7. The summed E-state index contributed by atoms with van der Waals surface area (Å²) in [6.45, 7) is 1.12. The second-order valence-corrected chi connectivity index (χ2v) is 9.88. The number of fused-ring (bicyclic) bond motifs is 2. The highest BCUT2D eigenvalue weighted by molar-refractivity contribution is 7.80. The molecule has 0 saturated heterocycles. The number of thiocarbonyl (C=S) groups is 1. The molecule has 6 aliphatic carbocycles. The largest absolute Gasteiger partial charge is 0.362 e. The molecule has 6 saturated carbocycles. The van der Waals surface area contributed by atoms with Crippen LogP contribution in [0.2, 0.25) is 0 Å². The Labute approximate surface area is 140 Å². The molecule has 122 valence electrons. The number of rotatable bonds is 3. The quantitative estimate of drug-likeness (QED) is 0.773. The molecule has 0 aliphatic heterocycles. The molecule has 6 aliphatic rings. The van der Waals surface area contributed by atoms with E-state index in [1.54, 1.807) is 0 Å². The zero-order valence-corrected chi connectivity index (χ0v) is 14.5. The van der Waals surface area contributed by atoms with Gasteiger partial charge in [0.15, 0.2) is 5.11 Å². The number of nitrogens with one attached hydrogen (secondary N) is 2. The molecule has 0 aromatic carbocycles. The van der Waals surface area contributed by atoms with E-state index in [2.05, 4.69) is 10.6 Å². The van der Waals surface area contributed by atoms with Crippen LogP contribution in [0.15, 0.2) is 0 Å². The van der Waals surface area contributed by atoms with Crippen LogP contribution in [0.3, 0.4) is 0 Å². The van der Waals surface area contributed by atoms with Gasteiger partial charge >= 0.3 is 0 Å². The van der Waals surface area contributed by atoms with Crippen molar-refractivity contribution in [1.82, 2.24) is 10.6 Å². The lowest BCUT2D eigenvalue weighted by atomic mass is 9.53. The monoisotopic (exact) mass is 318 g/mol. The van der Waals surface area contributed by atoms with Gasteiger partial charge in [0.2, 0.25) is 0 Å². The molecule has 2 nitrogen and oxygen atoms in total. The maximum atomic E-state index is 5.69. The van der Waals surface area contributed by atoms with Crippen LogP contribution < -0.4 is 10.6 Å². The first-order valence-electron chi connectivity index (χ1n) is 9.73. The summed E-state index contributed by atoms with van der Waals surface area (Å²) in [5, 5.41) is 8.38. The van der Waals surface area contributed by atoms with Crippen LogP contribution in [0.25, 0.3) is 0 Å². The summed E-state index contributed by atoms with van der Waals surface area (Å²) in [4.78, 5) is 0. The maximum absolute atomic E-state index is 5.69. The highest BCUT2D eigenvalue weighted by atomic mass is 32.1. The standard InChI is InChI=1S/C19H30N2S/c22-18(20-11-17-7-12-1-2-16(17)6-12)21-19-8-13-3-14(9-19)5-15(4-13)10-19/h12-17H,1-11H2,(H2,20,21,22)/t12-,13?,14?,15?,16-,17-,19?/m1/s1.